The summed E-state index contributed by atoms with van der Waals surface area (Å²) in [5.74, 6) is -1.31. The number of amides is 1. The number of hydrogen-bond acceptors (Lipinski definition) is 5. The molecule has 1 saturated heterocycles. The molecule has 1 amide bonds. The Bertz CT molecular complexity index is 1310. The zero-order valence-electron chi connectivity index (χ0n) is 16.8. The predicted molar refractivity (Wildman–Crippen MR) is 114 cm³/mol. The molecule has 0 radical (unpaired) electrons. The van der Waals surface area contributed by atoms with Gasteiger partial charge in [-0.3, -0.25) is 4.79 Å². The van der Waals surface area contributed by atoms with Crippen molar-refractivity contribution in [3.63, 3.8) is 0 Å². The molecule has 0 saturated carbocycles. The van der Waals surface area contributed by atoms with Crippen LogP contribution < -0.4 is 5.32 Å². The van der Waals surface area contributed by atoms with Crippen molar-refractivity contribution in [2.75, 3.05) is 18.4 Å². The highest BCUT2D eigenvalue weighted by atomic mass is 35.5. The molecular formula is C20H19ClF2N4O4S. The number of sulfonamides is 1. The number of aliphatic hydroxyl groups is 1. The van der Waals surface area contributed by atoms with Gasteiger partial charge in [0, 0.05) is 31.4 Å². The number of benzene rings is 2. The number of alkyl halides is 1. The summed E-state index contributed by atoms with van der Waals surface area (Å²) in [4.78, 5) is 16.8. The second-order valence-electron chi connectivity index (χ2n) is 7.52. The van der Waals surface area contributed by atoms with Crippen LogP contribution in [0.3, 0.4) is 0 Å². The summed E-state index contributed by atoms with van der Waals surface area (Å²) in [5.41, 5.74) is 0.721. The van der Waals surface area contributed by atoms with E-state index in [9.17, 15) is 27.1 Å². The second kappa shape index (κ2) is 8.39. The average Bonchev–Trinajstić information content (AvgIpc) is 3.12. The molecule has 2 N–H and O–H groups in total. The van der Waals surface area contributed by atoms with Gasteiger partial charge in [-0.2, -0.15) is 4.31 Å². The van der Waals surface area contributed by atoms with Crippen molar-refractivity contribution < 1.29 is 27.1 Å². The lowest BCUT2D eigenvalue weighted by atomic mass is 10.1. The maximum atomic E-state index is 14.0. The molecule has 0 spiro atoms. The zero-order valence-corrected chi connectivity index (χ0v) is 18.4. The van der Waals surface area contributed by atoms with E-state index in [0.29, 0.717) is 0 Å². The summed E-state index contributed by atoms with van der Waals surface area (Å²) >= 11 is 5.74. The van der Waals surface area contributed by atoms with Crippen molar-refractivity contribution in [1.29, 1.82) is 0 Å². The number of piperidine rings is 1. The zero-order chi connectivity index (χ0) is 23.2. The van der Waals surface area contributed by atoms with Crippen LogP contribution in [-0.4, -0.2) is 58.7 Å². The number of anilines is 1. The minimum absolute atomic E-state index is 0.0101. The van der Waals surface area contributed by atoms with Crippen LogP contribution in [0.25, 0.3) is 11.0 Å². The highest BCUT2D eigenvalue weighted by molar-refractivity contribution is 7.89. The Balaban J connectivity index is 1.75. The molecule has 2 unspecified atom stereocenters. The molecule has 32 heavy (non-hydrogen) atoms. The second-order valence-corrected chi connectivity index (χ2v) is 9.83. The molecule has 12 heteroatoms. The van der Waals surface area contributed by atoms with Gasteiger partial charge in [0.1, 0.15) is 16.9 Å². The monoisotopic (exact) mass is 484 g/mol. The Kier molecular flexibility index (Phi) is 5.93. The summed E-state index contributed by atoms with van der Waals surface area (Å²) < 4.78 is 56.6. The van der Waals surface area contributed by atoms with Gasteiger partial charge in [0.15, 0.2) is 0 Å². The minimum atomic E-state index is -4.21. The topological polar surface area (TPSA) is 105 Å². The van der Waals surface area contributed by atoms with Crippen molar-refractivity contribution >= 4 is 44.3 Å². The van der Waals surface area contributed by atoms with Gasteiger partial charge in [0.05, 0.1) is 28.5 Å². The van der Waals surface area contributed by atoms with Crippen LogP contribution in [0.4, 0.5) is 14.5 Å². The molecular weight excluding hydrogens is 466 g/mol. The first-order valence-electron chi connectivity index (χ1n) is 9.61. The fourth-order valence-corrected chi connectivity index (χ4v) is 5.49. The van der Waals surface area contributed by atoms with Gasteiger partial charge in [0.2, 0.25) is 10.0 Å². The van der Waals surface area contributed by atoms with Gasteiger partial charge in [-0.25, -0.2) is 22.2 Å². The Morgan fingerprint density at radius 2 is 2.06 bits per heavy atom. The van der Waals surface area contributed by atoms with E-state index in [2.05, 4.69) is 10.3 Å². The van der Waals surface area contributed by atoms with E-state index in [0.717, 1.165) is 10.4 Å². The SMILES string of the molecule is Cn1cnc2cc(C(=O)Nc3ccc(F)c(Cl)c3)cc(S(=O)(=O)N3CCC(O)C(F)C3)c21. The van der Waals surface area contributed by atoms with E-state index in [1.807, 2.05) is 0 Å². The number of aromatic nitrogens is 2. The lowest BCUT2D eigenvalue weighted by molar-refractivity contribution is 0.0303. The number of carbonyl (C=O) groups excluding carboxylic acids is 1. The maximum absolute atomic E-state index is 14.0. The third-order valence-corrected chi connectivity index (χ3v) is 7.47. The summed E-state index contributed by atoms with van der Waals surface area (Å²) in [6.45, 7) is -0.554. The Morgan fingerprint density at radius 3 is 2.75 bits per heavy atom. The number of halogens is 3. The number of aryl methyl sites for hydroxylation is 1. The third kappa shape index (κ3) is 4.08. The number of imidazole rings is 1. The molecule has 1 fully saturated rings. The van der Waals surface area contributed by atoms with Crippen molar-refractivity contribution in [3.05, 3.63) is 53.1 Å². The van der Waals surface area contributed by atoms with E-state index in [4.69, 9.17) is 11.6 Å². The van der Waals surface area contributed by atoms with Crippen LogP contribution in [0.15, 0.2) is 41.6 Å². The predicted octanol–water partition coefficient (Wildman–Crippen LogP) is 2.71. The largest absolute Gasteiger partial charge is 0.390 e. The fraction of sp³-hybridized carbons (Fsp3) is 0.300. The molecule has 1 aromatic heterocycles. The number of nitrogens with zero attached hydrogens (tertiary/aromatic N) is 3. The Hall–Kier alpha value is -2.60. The molecule has 0 bridgehead atoms. The molecule has 3 aromatic rings. The van der Waals surface area contributed by atoms with Crippen molar-refractivity contribution in [2.24, 2.45) is 7.05 Å². The first-order chi connectivity index (χ1) is 15.1. The van der Waals surface area contributed by atoms with E-state index in [1.54, 1.807) is 7.05 Å². The van der Waals surface area contributed by atoms with E-state index < -0.39 is 40.6 Å². The van der Waals surface area contributed by atoms with Crippen LogP contribution in [0.5, 0.6) is 0 Å². The summed E-state index contributed by atoms with van der Waals surface area (Å²) in [5, 5.41) is 12.0. The average molecular weight is 485 g/mol. The lowest BCUT2D eigenvalue weighted by Crippen LogP contribution is -2.47. The molecule has 1 aliphatic rings. The van der Waals surface area contributed by atoms with Gasteiger partial charge in [0.25, 0.3) is 5.91 Å². The fourth-order valence-electron chi connectivity index (χ4n) is 3.58. The van der Waals surface area contributed by atoms with Crippen LogP contribution in [-0.2, 0) is 17.1 Å². The Labute approximate surface area is 187 Å². The van der Waals surface area contributed by atoms with Gasteiger partial charge in [-0.1, -0.05) is 11.6 Å². The van der Waals surface area contributed by atoms with Crippen molar-refractivity contribution in [3.8, 4) is 0 Å². The molecule has 1 aliphatic heterocycles. The van der Waals surface area contributed by atoms with Gasteiger partial charge in [-0.05, 0) is 36.8 Å². The van der Waals surface area contributed by atoms with Crippen molar-refractivity contribution in [1.82, 2.24) is 13.9 Å². The third-order valence-electron chi connectivity index (χ3n) is 5.30. The van der Waals surface area contributed by atoms with Gasteiger partial charge in [-0.15, -0.1) is 0 Å². The number of carbonyl (C=O) groups is 1. The smallest absolute Gasteiger partial charge is 0.255 e. The summed E-state index contributed by atoms with van der Waals surface area (Å²) in [6, 6.07) is 6.25. The van der Waals surface area contributed by atoms with Gasteiger partial charge >= 0.3 is 0 Å². The first-order valence-corrected chi connectivity index (χ1v) is 11.4. The molecule has 2 heterocycles. The standard InChI is InChI=1S/C20H19ClF2N4O4S/c1-26-10-24-16-6-11(20(29)25-12-2-3-14(22)13(21)8-12)7-18(19(16)26)32(30,31)27-5-4-17(28)15(23)9-27/h2-3,6-8,10,15,17,28H,4-5,9H2,1H3,(H,25,29). The first kappa shape index (κ1) is 22.6. The quantitative estimate of drug-likeness (QED) is 0.592. The number of rotatable bonds is 4. The minimum Gasteiger partial charge on any atom is -0.390 e. The number of nitrogens with one attached hydrogen (secondary N) is 1. The molecule has 0 aliphatic carbocycles. The summed E-state index contributed by atoms with van der Waals surface area (Å²) in [7, 11) is -2.60. The highest BCUT2D eigenvalue weighted by Crippen LogP contribution is 2.30. The molecule has 2 aromatic carbocycles. The molecule has 4 rings (SSSR count). The van der Waals surface area contributed by atoms with Crippen LogP contribution in [0.1, 0.15) is 16.8 Å². The van der Waals surface area contributed by atoms with E-state index in [-0.39, 0.29) is 45.2 Å². The van der Waals surface area contributed by atoms with Crippen molar-refractivity contribution in [2.45, 2.75) is 23.6 Å². The maximum Gasteiger partial charge on any atom is 0.255 e. The molecule has 2 atom stereocenters. The van der Waals surface area contributed by atoms with Crippen LogP contribution in [0.2, 0.25) is 5.02 Å². The normalized spacial score (nSPS) is 19.9. The number of aliphatic hydroxyl groups excluding tert-OH is 1. The summed E-state index contributed by atoms with van der Waals surface area (Å²) in [6.07, 6.45) is -1.57. The van der Waals surface area contributed by atoms with Gasteiger partial charge < -0.3 is 15.0 Å². The lowest BCUT2D eigenvalue weighted by Gasteiger charge is -2.31. The Morgan fingerprint density at radius 1 is 1.31 bits per heavy atom. The van der Waals surface area contributed by atoms with E-state index in [1.165, 1.54) is 35.2 Å². The molecule has 8 nitrogen and oxygen atoms in total. The number of hydrogen-bond donors (Lipinski definition) is 2. The van der Waals surface area contributed by atoms with Crippen LogP contribution >= 0.6 is 11.6 Å². The van der Waals surface area contributed by atoms with Crippen LogP contribution in [0, 0.1) is 5.82 Å². The molecule has 170 valence electrons. The van der Waals surface area contributed by atoms with E-state index >= 15 is 0 Å². The highest BCUT2D eigenvalue weighted by Gasteiger charge is 2.36. The number of fused-ring (bicyclic) bond motifs is 1.